The third-order valence-corrected chi connectivity index (χ3v) is 4.08. The molecule has 0 bridgehead atoms. The topological polar surface area (TPSA) is 90.4 Å². The molecule has 3 rings (SSSR count). The Hall–Kier alpha value is -2.88. The molecule has 1 N–H and O–H groups in total. The Morgan fingerprint density at radius 1 is 1.23 bits per heavy atom. The summed E-state index contributed by atoms with van der Waals surface area (Å²) in [6, 6.07) is 9.28. The number of nitrogens with one attached hydrogen (secondary N) is 1. The minimum atomic E-state index is -2.99. The number of aromatic nitrogens is 2. The van der Waals surface area contributed by atoms with Crippen LogP contribution in [0.15, 0.2) is 56.7 Å². The quantitative estimate of drug-likeness (QED) is 0.618. The largest absolute Gasteiger partial charge is 0.459 e. The van der Waals surface area contributed by atoms with Crippen LogP contribution in [0, 0.1) is 0 Å². The van der Waals surface area contributed by atoms with E-state index in [1.54, 1.807) is 25.1 Å². The van der Waals surface area contributed by atoms with Crippen molar-refractivity contribution in [2.45, 2.75) is 24.0 Å². The zero-order valence-corrected chi connectivity index (χ0v) is 14.2. The van der Waals surface area contributed by atoms with Crippen molar-refractivity contribution in [3.63, 3.8) is 0 Å². The lowest BCUT2D eigenvalue weighted by Gasteiger charge is -2.13. The van der Waals surface area contributed by atoms with E-state index in [0.29, 0.717) is 5.76 Å². The minimum absolute atomic E-state index is 0.119. The highest BCUT2D eigenvalue weighted by Gasteiger charge is 2.21. The van der Waals surface area contributed by atoms with Gasteiger partial charge in [-0.25, -0.2) is 0 Å². The predicted octanol–water partition coefficient (Wildman–Crippen LogP) is 4.05. The third kappa shape index (κ3) is 4.39. The van der Waals surface area contributed by atoms with Crippen molar-refractivity contribution in [1.82, 2.24) is 10.2 Å². The predicted molar refractivity (Wildman–Crippen MR) is 89.0 cm³/mol. The highest BCUT2D eigenvalue weighted by atomic mass is 32.2. The van der Waals surface area contributed by atoms with Gasteiger partial charge in [0, 0.05) is 0 Å². The van der Waals surface area contributed by atoms with Crippen molar-refractivity contribution in [3.8, 4) is 17.4 Å². The molecule has 0 radical (unpaired) electrons. The van der Waals surface area contributed by atoms with Crippen LogP contribution in [0.5, 0.6) is 5.75 Å². The zero-order valence-electron chi connectivity index (χ0n) is 13.4. The lowest BCUT2D eigenvalue weighted by molar-refractivity contribution is -0.115. The van der Waals surface area contributed by atoms with Gasteiger partial charge >= 0.3 is 6.61 Å². The van der Waals surface area contributed by atoms with E-state index in [1.807, 2.05) is 0 Å². The van der Waals surface area contributed by atoms with Gasteiger partial charge in [0.15, 0.2) is 5.76 Å². The van der Waals surface area contributed by atoms with Crippen molar-refractivity contribution in [1.29, 1.82) is 0 Å². The maximum atomic E-state index is 12.4. The number of halogens is 2. The molecular weight excluding hydrogens is 368 g/mol. The summed E-state index contributed by atoms with van der Waals surface area (Å²) in [5.74, 6) is 0.0596. The SMILES string of the molecule is CC(Sc1nnc(-c2ccco2)o1)C(=O)Nc1ccccc1OC(F)F. The molecule has 2 heterocycles. The summed E-state index contributed by atoms with van der Waals surface area (Å²) in [4.78, 5) is 12.3. The number of hydrogen-bond acceptors (Lipinski definition) is 7. The van der Waals surface area contributed by atoms with Crippen LogP contribution in [0.25, 0.3) is 11.7 Å². The number of ether oxygens (including phenoxy) is 1. The van der Waals surface area contributed by atoms with Crippen LogP contribution < -0.4 is 10.1 Å². The maximum absolute atomic E-state index is 12.4. The second-order valence-electron chi connectivity index (χ2n) is 4.97. The molecule has 0 spiro atoms. The molecule has 3 aromatic rings. The van der Waals surface area contributed by atoms with Crippen molar-refractivity contribution >= 4 is 23.4 Å². The second-order valence-corrected chi connectivity index (χ2v) is 6.27. The lowest BCUT2D eigenvalue weighted by Crippen LogP contribution is -2.23. The molecule has 0 aliphatic rings. The van der Waals surface area contributed by atoms with Gasteiger partial charge in [0.05, 0.1) is 17.2 Å². The van der Waals surface area contributed by atoms with E-state index >= 15 is 0 Å². The summed E-state index contributed by atoms with van der Waals surface area (Å²) < 4.78 is 39.8. The highest BCUT2D eigenvalue weighted by Crippen LogP contribution is 2.29. The summed E-state index contributed by atoms with van der Waals surface area (Å²) in [6.07, 6.45) is 1.47. The van der Waals surface area contributed by atoms with Gasteiger partial charge in [-0.3, -0.25) is 4.79 Å². The van der Waals surface area contributed by atoms with E-state index in [0.717, 1.165) is 11.8 Å². The number of furan rings is 1. The average molecular weight is 381 g/mol. The number of alkyl halides is 2. The van der Waals surface area contributed by atoms with Crippen molar-refractivity contribution in [2.75, 3.05) is 5.32 Å². The first-order chi connectivity index (χ1) is 12.5. The number of hydrogen-bond donors (Lipinski definition) is 1. The van der Waals surface area contributed by atoms with Gasteiger partial charge in [0.25, 0.3) is 11.1 Å². The summed E-state index contributed by atoms with van der Waals surface area (Å²) in [5.41, 5.74) is 0.145. The van der Waals surface area contributed by atoms with Gasteiger partial charge in [-0.1, -0.05) is 23.9 Å². The smallest absolute Gasteiger partial charge is 0.387 e. The number of nitrogens with zero attached hydrogens (tertiary/aromatic N) is 2. The van der Waals surface area contributed by atoms with Crippen LogP contribution in [-0.2, 0) is 4.79 Å². The van der Waals surface area contributed by atoms with Crippen molar-refractivity contribution < 1.29 is 27.1 Å². The molecule has 1 aromatic carbocycles. The Morgan fingerprint density at radius 2 is 2.04 bits per heavy atom. The zero-order chi connectivity index (χ0) is 18.5. The molecule has 0 aliphatic heterocycles. The van der Waals surface area contributed by atoms with Crippen LogP contribution in [0.4, 0.5) is 14.5 Å². The fourth-order valence-electron chi connectivity index (χ4n) is 1.96. The Morgan fingerprint density at radius 3 is 2.77 bits per heavy atom. The van der Waals surface area contributed by atoms with Gasteiger partial charge < -0.3 is 18.9 Å². The molecule has 1 unspecified atom stereocenters. The van der Waals surface area contributed by atoms with E-state index in [1.165, 1.54) is 24.5 Å². The average Bonchev–Trinajstić information content (AvgIpc) is 3.27. The number of amides is 1. The third-order valence-electron chi connectivity index (χ3n) is 3.15. The molecule has 0 saturated carbocycles. The first kappa shape index (κ1) is 17.9. The Bertz CT molecular complexity index is 870. The molecule has 2 aromatic heterocycles. The molecule has 136 valence electrons. The number of benzene rings is 1. The monoisotopic (exact) mass is 381 g/mol. The van der Waals surface area contributed by atoms with Crippen LogP contribution in [0.1, 0.15) is 6.92 Å². The van der Waals surface area contributed by atoms with Crippen LogP contribution >= 0.6 is 11.8 Å². The van der Waals surface area contributed by atoms with E-state index < -0.39 is 17.8 Å². The molecule has 0 saturated heterocycles. The summed E-state index contributed by atoms with van der Waals surface area (Å²) in [7, 11) is 0. The lowest BCUT2D eigenvalue weighted by atomic mass is 10.3. The number of anilines is 1. The first-order valence-electron chi connectivity index (χ1n) is 7.41. The van der Waals surface area contributed by atoms with Crippen LogP contribution in [-0.4, -0.2) is 28.0 Å². The van der Waals surface area contributed by atoms with Crippen LogP contribution in [0.3, 0.4) is 0 Å². The summed E-state index contributed by atoms with van der Waals surface area (Å²) in [6.45, 7) is -1.37. The molecule has 0 fully saturated rings. The molecule has 10 heteroatoms. The van der Waals surface area contributed by atoms with E-state index in [4.69, 9.17) is 8.83 Å². The highest BCUT2D eigenvalue weighted by molar-refractivity contribution is 8.00. The van der Waals surface area contributed by atoms with E-state index in [9.17, 15) is 13.6 Å². The number of thioether (sulfide) groups is 1. The molecule has 26 heavy (non-hydrogen) atoms. The second kappa shape index (κ2) is 8.00. The van der Waals surface area contributed by atoms with Gasteiger partial charge in [-0.2, -0.15) is 8.78 Å². The minimum Gasteiger partial charge on any atom is -0.459 e. The van der Waals surface area contributed by atoms with E-state index in [2.05, 4.69) is 20.3 Å². The normalized spacial score (nSPS) is 12.2. The molecular formula is C16H13F2N3O4S. The number of carbonyl (C=O) groups is 1. The number of rotatable bonds is 7. The molecule has 1 amide bonds. The van der Waals surface area contributed by atoms with Gasteiger partial charge in [-0.05, 0) is 31.2 Å². The molecule has 0 aliphatic carbocycles. The van der Waals surface area contributed by atoms with Crippen molar-refractivity contribution in [3.05, 3.63) is 42.7 Å². The fraction of sp³-hybridized carbons (Fsp3) is 0.188. The van der Waals surface area contributed by atoms with Gasteiger partial charge in [-0.15, -0.1) is 10.2 Å². The van der Waals surface area contributed by atoms with E-state index in [-0.39, 0.29) is 22.6 Å². The fourth-order valence-corrected chi connectivity index (χ4v) is 2.65. The molecule has 7 nitrogen and oxygen atoms in total. The standard InChI is InChI=1S/C16H13F2N3O4S/c1-9(26-16-21-20-14(25-16)12-7-4-8-23-12)13(22)19-10-5-2-3-6-11(10)24-15(17)18/h2-9,15H,1H3,(H,19,22). The molecule has 1 atom stereocenters. The van der Waals surface area contributed by atoms with Crippen LogP contribution in [0.2, 0.25) is 0 Å². The Kier molecular flexibility index (Phi) is 5.52. The first-order valence-corrected chi connectivity index (χ1v) is 8.29. The number of carbonyl (C=O) groups excluding carboxylic acids is 1. The van der Waals surface area contributed by atoms with Gasteiger partial charge in [0.2, 0.25) is 5.91 Å². The maximum Gasteiger partial charge on any atom is 0.387 e. The Labute approximate surface area is 150 Å². The summed E-state index contributed by atoms with van der Waals surface area (Å²) >= 11 is 1.03. The summed E-state index contributed by atoms with van der Waals surface area (Å²) in [5, 5.41) is 9.77. The number of para-hydroxylation sites is 2. The Balaban J connectivity index is 1.64. The van der Waals surface area contributed by atoms with Gasteiger partial charge in [0.1, 0.15) is 5.75 Å². The van der Waals surface area contributed by atoms with Crippen molar-refractivity contribution in [2.24, 2.45) is 0 Å².